The predicted octanol–water partition coefficient (Wildman–Crippen LogP) is 5.18. The molecule has 2 aromatic rings. The van der Waals surface area contributed by atoms with E-state index in [1.807, 2.05) is 36.4 Å². The predicted molar refractivity (Wildman–Crippen MR) is 75.3 cm³/mol. The Balaban J connectivity index is 0.000000492. The van der Waals surface area contributed by atoms with Gasteiger partial charge >= 0.3 is 34.5 Å². The molecule has 0 nitrogen and oxygen atoms in total. The van der Waals surface area contributed by atoms with Crippen LogP contribution in [-0.2, 0) is 15.1 Å². The van der Waals surface area contributed by atoms with Crippen molar-refractivity contribution in [2.75, 3.05) is 0 Å². The summed E-state index contributed by atoms with van der Waals surface area (Å²) in [6, 6.07) is 20.6. The van der Waals surface area contributed by atoms with Crippen molar-refractivity contribution in [3.05, 3.63) is 84.4 Å². The zero-order valence-electron chi connectivity index (χ0n) is 9.62. The number of benzene rings is 2. The fraction of sp³-hybridized carbons (Fsp3) is 0.0667. The van der Waals surface area contributed by atoms with E-state index in [9.17, 15) is 0 Å². The van der Waals surface area contributed by atoms with Gasteiger partial charge in [0.25, 0.3) is 0 Å². The molecule has 0 aliphatic rings. The minimum absolute atomic E-state index is 0.187. The molecule has 0 bridgehead atoms. The van der Waals surface area contributed by atoms with Crippen LogP contribution in [0.2, 0.25) is 0 Å². The van der Waals surface area contributed by atoms with Crippen LogP contribution in [0.15, 0.2) is 66.7 Å². The molecular weight excluding hydrogens is 352 g/mol. The van der Waals surface area contributed by atoms with E-state index in [1.54, 1.807) is 6.08 Å². The van der Waals surface area contributed by atoms with Gasteiger partial charge < -0.3 is 6.58 Å². The van der Waals surface area contributed by atoms with Crippen molar-refractivity contribution >= 4 is 19.4 Å². The van der Waals surface area contributed by atoms with Gasteiger partial charge in [-0.25, -0.2) is 0 Å². The first-order valence-electron chi connectivity index (χ1n) is 5.33. The van der Waals surface area contributed by atoms with E-state index < -0.39 is 0 Å². The minimum atomic E-state index is -0.346. The Bertz CT molecular complexity index is 403. The summed E-state index contributed by atoms with van der Waals surface area (Å²) in [5.41, 5.74) is 2.46. The summed E-state index contributed by atoms with van der Waals surface area (Å²) in [6.07, 6.45) is 1.74. The molecule has 0 aromatic heterocycles. The Kier molecular flexibility index (Phi) is 8.00. The molecule has 96 valence electrons. The van der Waals surface area contributed by atoms with Crippen LogP contribution in [0.3, 0.4) is 0 Å². The number of hydrogen-bond donors (Lipinski definition) is 0. The van der Waals surface area contributed by atoms with Crippen molar-refractivity contribution in [3.63, 3.8) is 0 Å². The van der Waals surface area contributed by atoms with Crippen molar-refractivity contribution in [2.45, 2.75) is 5.92 Å². The van der Waals surface area contributed by atoms with Crippen molar-refractivity contribution in [1.82, 2.24) is 0 Å². The molecule has 0 fully saturated rings. The van der Waals surface area contributed by atoms with Crippen LogP contribution < -0.4 is 0 Å². The van der Waals surface area contributed by atoms with Crippen molar-refractivity contribution in [3.8, 4) is 0 Å². The Labute approximate surface area is 124 Å². The number of rotatable bonds is 3. The molecule has 0 heterocycles. The summed E-state index contributed by atoms with van der Waals surface area (Å²) in [5.74, 6) is 0.187. The van der Waals surface area contributed by atoms with E-state index in [2.05, 4.69) is 24.3 Å². The Morgan fingerprint density at radius 1 is 0.833 bits per heavy atom. The summed E-state index contributed by atoms with van der Waals surface area (Å²) < 4.78 is 0. The van der Waals surface area contributed by atoms with Gasteiger partial charge in [-0.05, 0) is 17.0 Å². The van der Waals surface area contributed by atoms with Crippen LogP contribution >= 0.6 is 19.4 Å². The molecule has 0 radical (unpaired) electrons. The second kappa shape index (κ2) is 9.33. The van der Waals surface area contributed by atoms with Crippen LogP contribution in [0.5, 0.6) is 0 Å². The number of hydrogen-bond acceptors (Lipinski definition) is 0. The molecule has 0 unspecified atom stereocenters. The summed E-state index contributed by atoms with van der Waals surface area (Å²) in [7, 11) is 9.71. The monoisotopic (exact) mass is 365 g/mol. The van der Waals surface area contributed by atoms with E-state index in [0.29, 0.717) is 0 Å². The molecule has 0 N–H and O–H groups in total. The normalized spacial score (nSPS) is 9.72. The third-order valence-electron chi connectivity index (χ3n) is 2.51. The zero-order valence-corrected chi connectivity index (χ0v) is 12.9. The van der Waals surface area contributed by atoms with E-state index in [-0.39, 0.29) is 21.1 Å². The van der Waals surface area contributed by atoms with Gasteiger partial charge in [0.15, 0.2) is 0 Å². The molecule has 0 aliphatic heterocycles. The van der Waals surface area contributed by atoms with Crippen molar-refractivity contribution < 1.29 is 15.1 Å². The first-order valence-corrected chi connectivity index (χ1v) is 9.81. The van der Waals surface area contributed by atoms with Gasteiger partial charge in [0.1, 0.15) is 0 Å². The summed E-state index contributed by atoms with van der Waals surface area (Å²) >= 11 is -0.346. The maximum atomic E-state index is 5.71. The molecule has 3 heteroatoms. The van der Waals surface area contributed by atoms with Gasteiger partial charge in [-0.1, -0.05) is 60.7 Å². The maximum absolute atomic E-state index is 5.71. The van der Waals surface area contributed by atoms with Crippen LogP contribution in [0.4, 0.5) is 0 Å². The molecule has 0 atom stereocenters. The average molecular weight is 365 g/mol. The molecule has 0 spiro atoms. The molecule has 0 aliphatic carbocycles. The molecule has 0 saturated carbocycles. The van der Waals surface area contributed by atoms with Gasteiger partial charge in [-0.2, -0.15) is 0 Å². The van der Waals surface area contributed by atoms with E-state index >= 15 is 0 Å². The standard InChI is InChI=1S/C15H13.2ClH.Ru/c1-2-15(13-9-5-3-6-10-13)14-11-7-4-8-12-14;;;/h1-12,15H;2*1H;/q-1;;;+2/p-2. The summed E-state index contributed by atoms with van der Waals surface area (Å²) in [5, 5.41) is 0. The number of allylic oxidation sites excluding steroid dienone is 1. The average Bonchev–Trinajstić information content (AvgIpc) is 2.43. The third-order valence-corrected chi connectivity index (χ3v) is 2.51. The first-order chi connectivity index (χ1) is 8.83. The summed E-state index contributed by atoms with van der Waals surface area (Å²) in [6.45, 7) is 5.71. The van der Waals surface area contributed by atoms with Crippen LogP contribution in [0, 0.1) is 6.58 Å². The molecule has 0 saturated heterocycles. The number of halogens is 2. The zero-order chi connectivity index (χ0) is 13.2. The molecule has 0 amide bonds. The molecule has 2 rings (SSSR count). The molecule has 2 aromatic carbocycles. The fourth-order valence-corrected chi connectivity index (χ4v) is 1.74. The van der Waals surface area contributed by atoms with E-state index in [4.69, 9.17) is 26.0 Å². The molecular formula is C15H13Cl2Ru-. The quantitative estimate of drug-likeness (QED) is 0.519. The van der Waals surface area contributed by atoms with Gasteiger partial charge in [0.2, 0.25) is 0 Å². The topological polar surface area (TPSA) is 0 Å². The Morgan fingerprint density at radius 2 is 1.17 bits per heavy atom. The fourth-order valence-electron chi connectivity index (χ4n) is 1.74. The Morgan fingerprint density at radius 3 is 1.44 bits per heavy atom. The van der Waals surface area contributed by atoms with Crippen molar-refractivity contribution in [2.24, 2.45) is 0 Å². The van der Waals surface area contributed by atoms with E-state index in [1.165, 1.54) is 11.1 Å². The van der Waals surface area contributed by atoms with Crippen molar-refractivity contribution in [1.29, 1.82) is 0 Å². The van der Waals surface area contributed by atoms with Crippen LogP contribution in [0.25, 0.3) is 0 Å². The first kappa shape index (κ1) is 15.4. The van der Waals surface area contributed by atoms with Gasteiger partial charge in [-0.3, -0.25) is 6.08 Å². The van der Waals surface area contributed by atoms with Gasteiger partial charge in [0, 0.05) is 0 Å². The molecule has 18 heavy (non-hydrogen) atoms. The third kappa shape index (κ3) is 4.94. The van der Waals surface area contributed by atoms with Crippen LogP contribution in [-0.4, -0.2) is 0 Å². The summed E-state index contributed by atoms with van der Waals surface area (Å²) in [4.78, 5) is 0. The van der Waals surface area contributed by atoms with Crippen LogP contribution in [0.1, 0.15) is 17.0 Å². The van der Waals surface area contributed by atoms with E-state index in [0.717, 1.165) is 0 Å². The second-order valence-corrected chi connectivity index (χ2v) is 6.18. The SMILES string of the molecule is [CH-]=CC(c1ccccc1)c1ccccc1.[Cl][Ru][Cl]. The van der Waals surface area contributed by atoms with Gasteiger partial charge in [0.05, 0.1) is 0 Å². The Hall–Kier alpha value is -0.617. The van der Waals surface area contributed by atoms with Gasteiger partial charge in [-0.15, -0.1) is 0 Å². The second-order valence-electron chi connectivity index (χ2n) is 3.54.